The molecule has 0 spiro atoms. The first-order valence-corrected chi connectivity index (χ1v) is 10.0. The van der Waals surface area contributed by atoms with Crippen molar-refractivity contribution in [1.29, 1.82) is 0 Å². The van der Waals surface area contributed by atoms with E-state index in [1.54, 1.807) is 0 Å². The summed E-state index contributed by atoms with van der Waals surface area (Å²) >= 11 is 0. The molecular formula is C22H22N4O7. The monoisotopic (exact) mass is 454 g/mol. The summed E-state index contributed by atoms with van der Waals surface area (Å²) in [4.78, 5) is 48.5. The van der Waals surface area contributed by atoms with Crippen molar-refractivity contribution in [3.63, 3.8) is 0 Å². The molecule has 1 amide bonds. The van der Waals surface area contributed by atoms with Crippen molar-refractivity contribution >= 4 is 34.4 Å². The number of hydrogen-bond acceptors (Lipinski definition) is 6. The van der Waals surface area contributed by atoms with Crippen LogP contribution in [0.3, 0.4) is 0 Å². The Kier molecular flexibility index (Phi) is 7.36. The van der Waals surface area contributed by atoms with Crippen molar-refractivity contribution in [2.75, 3.05) is 26.2 Å². The van der Waals surface area contributed by atoms with Crippen LogP contribution in [0.4, 0.5) is 5.69 Å². The number of fused-ring (bicyclic) bond motifs is 1. The lowest BCUT2D eigenvalue weighted by Gasteiger charge is -2.34. The number of nitro benzene ring substituents is 1. The number of nitrogens with zero attached hydrogens (tertiary/aromatic N) is 3. The molecule has 3 N–H and O–H groups in total. The van der Waals surface area contributed by atoms with Gasteiger partial charge < -0.3 is 20.1 Å². The van der Waals surface area contributed by atoms with E-state index in [2.05, 4.69) is 28.2 Å². The minimum atomic E-state index is -1.82. The van der Waals surface area contributed by atoms with Gasteiger partial charge in [0.2, 0.25) is 0 Å². The molecule has 1 aliphatic heterocycles. The van der Waals surface area contributed by atoms with Gasteiger partial charge in [-0.3, -0.25) is 19.8 Å². The van der Waals surface area contributed by atoms with E-state index < -0.39 is 16.9 Å². The molecule has 11 heteroatoms. The van der Waals surface area contributed by atoms with Crippen molar-refractivity contribution in [3.05, 3.63) is 76.0 Å². The molecule has 2 aromatic carbocycles. The number of carboxylic acids is 2. The number of H-pyrrole nitrogens is 1. The Hall–Kier alpha value is -4.25. The fourth-order valence-corrected chi connectivity index (χ4v) is 3.52. The van der Waals surface area contributed by atoms with E-state index in [0.717, 1.165) is 25.2 Å². The summed E-state index contributed by atoms with van der Waals surface area (Å²) in [6.07, 6.45) is 2.05. The summed E-state index contributed by atoms with van der Waals surface area (Å²) in [6, 6.07) is 14.1. The molecule has 0 radical (unpaired) electrons. The van der Waals surface area contributed by atoms with E-state index in [1.807, 2.05) is 17.0 Å². The molecule has 0 unspecified atom stereocenters. The Balaban J connectivity index is 0.000000454. The van der Waals surface area contributed by atoms with Gasteiger partial charge in [0.15, 0.2) is 0 Å². The van der Waals surface area contributed by atoms with Crippen LogP contribution in [0.2, 0.25) is 0 Å². The molecule has 11 nitrogen and oxygen atoms in total. The van der Waals surface area contributed by atoms with Crippen molar-refractivity contribution in [3.8, 4) is 0 Å². The molecule has 172 valence electrons. The summed E-state index contributed by atoms with van der Waals surface area (Å²) in [7, 11) is 0. The van der Waals surface area contributed by atoms with Crippen LogP contribution < -0.4 is 0 Å². The average molecular weight is 454 g/mol. The Labute approximate surface area is 188 Å². The average Bonchev–Trinajstić information content (AvgIpc) is 3.22. The number of aromatic amines is 1. The number of carbonyl (C=O) groups is 3. The number of carbonyl (C=O) groups excluding carboxylic acids is 1. The first kappa shape index (κ1) is 23.4. The lowest BCUT2D eigenvalue weighted by molar-refractivity contribution is -0.384. The minimum absolute atomic E-state index is 0.00454. The van der Waals surface area contributed by atoms with Gasteiger partial charge in [0.25, 0.3) is 11.6 Å². The van der Waals surface area contributed by atoms with Gasteiger partial charge in [-0.25, -0.2) is 9.59 Å². The lowest BCUT2D eigenvalue weighted by Crippen LogP contribution is -2.48. The molecule has 2 heterocycles. The number of carboxylic acid groups (broad SMARTS) is 2. The molecule has 1 fully saturated rings. The number of non-ortho nitro benzene ring substituents is 1. The quantitative estimate of drug-likeness (QED) is 0.308. The molecule has 33 heavy (non-hydrogen) atoms. The third-order valence-corrected chi connectivity index (χ3v) is 5.24. The van der Waals surface area contributed by atoms with Crippen molar-refractivity contribution in [2.24, 2.45) is 0 Å². The van der Waals surface area contributed by atoms with E-state index in [1.165, 1.54) is 35.2 Å². The number of aromatic nitrogens is 1. The normalized spacial score (nSPS) is 13.8. The number of rotatable bonds is 4. The maximum Gasteiger partial charge on any atom is 0.414 e. The zero-order valence-corrected chi connectivity index (χ0v) is 17.5. The molecule has 0 saturated carbocycles. The number of aliphatic carboxylic acids is 2. The fourth-order valence-electron chi connectivity index (χ4n) is 3.52. The van der Waals surface area contributed by atoms with Crippen LogP contribution in [0.25, 0.3) is 10.9 Å². The van der Waals surface area contributed by atoms with Crippen molar-refractivity contribution in [2.45, 2.75) is 6.54 Å². The molecule has 1 aromatic heterocycles. The van der Waals surface area contributed by atoms with Crippen LogP contribution in [0.5, 0.6) is 0 Å². The number of nitro groups is 1. The highest BCUT2D eigenvalue weighted by atomic mass is 16.6. The van der Waals surface area contributed by atoms with Gasteiger partial charge in [-0.2, -0.15) is 0 Å². The Morgan fingerprint density at radius 1 is 0.939 bits per heavy atom. The topological polar surface area (TPSA) is 157 Å². The second-order valence-corrected chi connectivity index (χ2v) is 7.34. The van der Waals surface area contributed by atoms with Crippen LogP contribution in [0, 0.1) is 10.1 Å². The van der Waals surface area contributed by atoms with E-state index in [4.69, 9.17) is 19.8 Å². The second-order valence-electron chi connectivity index (χ2n) is 7.34. The molecule has 3 aromatic rings. The van der Waals surface area contributed by atoms with Crippen LogP contribution in [-0.4, -0.2) is 73.9 Å². The SMILES string of the molecule is O=C(O)C(=O)O.O=C(c1ccc([N+](=O)[O-])cc1)N1CCN(Cc2c[nH]c3ccccc23)CC1. The largest absolute Gasteiger partial charge is 0.473 e. The van der Waals surface area contributed by atoms with Gasteiger partial charge in [-0.05, 0) is 23.8 Å². The van der Waals surface area contributed by atoms with E-state index in [-0.39, 0.29) is 11.6 Å². The maximum atomic E-state index is 12.6. The zero-order chi connectivity index (χ0) is 24.0. The van der Waals surface area contributed by atoms with Gasteiger partial charge in [0.1, 0.15) is 0 Å². The first-order valence-electron chi connectivity index (χ1n) is 10.0. The predicted octanol–water partition coefficient (Wildman–Crippen LogP) is 2.19. The Bertz CT molecular complexity index is 1150. The molecule has 0 bridgehead atoms. The van der Waals surface area contributed by atoms with E-state index >= 15 is 0 Å². The number of piperazine rings is 1. The van der Waals surface area contributed by atoms with Crippen LogP contribution in [-0.2, 0) is 16.1 Å². The maximum absolute atomic E-state index is 12.6. The summed E-state index contributed by atoms with van der Waals surface area (Å²) in [5.41, 5.74) is 2.89. The van der Waals surface area contributed by atoms with Crippen molar-refractivity contribution in [1.82, 2.24) is 14.8 Å². The van der Waals surface area contributed by atoms with E-state index in [0.29, 0.717) is 18.7 Å². The van der Waals surface area contributed by atoms with Gasteiger partial charge in [-0.15, -0.1) is 0 Å². The van der Waals surface area contributed by atoms with Gasteiger partial charge in [0.05, 0.1) is 4.92 Å². The first-order chi connectivity index (χ1) is 15.8. The molecule has 0 atom stereocenters. The predicted molar refractivity (Wildman–Crippen MR) is 118 cm³/mol. The molecule has 4 rings (SSSR count). The lowest BCUT2D eigenvalue weighted by atomic mass is 10.1. The zero-order valence-electron chi connectivity index (χ0n) is 17.5. The fraction of sp³-hybridized carbons (Fsp3) is 0.227. The van der Waals surface area contributed by atoms with Crippen LogP contribution >= 0.6 is 0 Å². The van der Waals surface area contributed by atoms with Crippen LogP contribution in [0.15, 0.2) is 54.7 Å². The smallest absolute Gasteiger partial charge is 0.414 e. The molecule has 1 saturated heterocycles. The number of benzene rings is 2. The Morgan fingerprint density at radius 2 is 1.55 bits per heavy atom. The number of hydrogen-bond donors (Lipinski definition) is 3. The van der Waals surface area contributed by atoms with Crippen molar-refractivity contribution < 1.29 is 29.5 Å². The number of nitrogens with one attached hydrogen (secondary N) is 1. The standard InChI is InChI=1S/C20H20N4O3.C2H2O4/c25-20(15-5-7-17(8-6-15)24(26)27)23-11-9-22(10-12-23)14-16-13-21-19-4-2-1-3-18(16)19;3-1(4)2(5)6/h1-8,13,21H,9-12,14H2;(H,3,4)(H,5,6). The highest BCUT2D eigenvalue weighted by Crippen LogP contribution is 2.20. The third kappa shape index (κ3) is 5.92. The van der Waals surface area contributed by atoms with Gasteiger partial charge in [0, 0.05) is 67.5 Å². The highest BCUT2D eigenvalue weighted by Gasteiger charge is 2.23. The minimum Gasteiger partial charge on any atom is -0.473 e. The summed E-state index contributed by atoms with van der Waals surface area (Å²) < 4.78 is 0. The Morgan fingerprint density at radius 3 is 2.12 bits per heavy atom. The number of para-hydroxylation sites is 1. The molecule has 1 aliphatic rings. The van der Waals surface area contributed by atoms with Gasteiger partial charge in [-0.1, -0.05) is 18.2 Å². The second kappa shape index (κ2) is 10.4. The molecular weight excluding hydrogens is 432 g/mol. The summed E-state index contributed by atoms with van der Waals surface area (Å²) in [5.74, 6) is -3.72. The van der Waals surface area contributed by atoms with Gasteiger partial charge >= 0.3 is 11.9 Å². The summed E-state index contributed by atoms with van der Waals surface area (Å²) in [6.45, 7) is 3.76. The number of amides is 1. The van der Waals surface area contributed by atoms with Crippen LogP contribution in [0.1, 0.15) is 15.9 Å². The van der Waals surface area contributed by atoms with E-state index in [9.17, 15) is 14.9 Å². The highest BCUT2D eigenvalue weighted by molar-refractivity contribution is 6.27. The third-order valence-electron chi connectivity index (χ3n) is 5.24. The molecule has 0 aliphatic carbocycles. The summed E-state index contributed by atoms with van der Waals surface area (Å²) in [5, 5.41) is 26.8.